The van der Waals surface area contributed by atoms with E-state index in [2.05, 4.69) is 10.3 Å². The number of amides is 1. The van der Waals surface area contributed by atoms with E-state index in [-0.39, 0.29) is 11.5 Å². The molecule has 4 rings (SSSR count). The molecule has 1 N–H and O–H groups in total. The Bertz CT molecular complexity index is 1300. The van der Waals surface area contributed by atoms with Gasteiger partial charge in [0.15, 0.2) is 11.5 Å². The molecule has 0 radical (unpaired) electrons. The van der Waals surface area contributed by atoms with Crippen LogP contribution in [0.1, 0.15) is 15.9 Å². The Morgan fingerprint density at radius 3 is 2.58 bits per heavy atom. The van der Waals surface area contributed by atoms with Crippen molar-refractivity contribution in [2.75, 3.05) is 12.4 Å². The molecule has 0 unspecified atom stereocenters. The lowest BCUT2D eigenvalue weighted by molar-refractivity contribution is 0.102. The molecule has 4 aromatic rings. The molecule has 7 heteroatoms. The second-order valence-corrected chi connectivity index (χ2v) is 6.94. The Kier molecular flexibility index (Phi) is 5.66. The number of nitrogens with one attached hydrogen (secondary N) is 1. The SMILES string of the molecule is COc1ccc(NC(=O)c2cc(=O)n(C)c3ccccc23)cc1OCc1ccncc1. The molecule has 0 aliphatic rings. The molecular formula is C24H21N3O4. The number of fused-ring (bicyclic) bond motifs is 1. The van der Waals surface area contributed by atoms with Gasteiger partial charge in [0.2, 0.25) is 0 Å². The third-order valence-corrected chi connectivity index (χ3v) is 4.96. The normalized spacial score (nSPS) is 10.6. The van der Waals surface area contributed by atoms with Crippen molar-refractivity contribution in [3.63, 3.8) is 0 Å². The quantitative estimate of drug-likeness (QED) is 0.518. The van der Waals surface area contributed by atoms with Crippen LogP contribution in [0, 0.1) is 0 Å². The molecule has 0 aliphatic heterocycles. The van der Waals surface area contributed by atoms with E-state index >= 15 is 0 Å². The lowest BCUT2D eigenvalue weighted by Gasteiger charge is -2.14. The van der Waals surface area contributed by atoms with Crippen LogP contribution in [0.15, 0.2) is 77.9 Å². The summed E-state index contributed by atoms with van der Waals surface area (Å²) < 4.78 is 12.8. The molecule has 0 fully saturated rings. The predicted molar refractivity (Wildman–Crippen MR) is 119 cm³/mol. The fourth-order valence-electron chi connectivity index (χ4n) is 3.30. The number of carbonyl (C=O) groups is 1. The van der Waals surface area contributed by atoms with Crippen LogP contribution < -0.4 is 20.3 Å². The highest BCUT2D eigenvalue weighted by atomic mass is 16.5. The minimum absolute atomic E-state index is 0.250. The summed E-state index contributed by atoms with van der Waals surface area (Å²) in [5.41, 5.74) is 2.24. The van der Waals surface area contributed by atoms with Crippen LogP contribution >= 0.6 is 0 Å². The van der Waals surface area contributed by atoms with Gasteiger partial charge in [-0.2, -0.15) is 0 Å². The zero-order valence-electron chi connectivity index (χ0n) is 17.2. The first kappa shape index (κ1) is 20.2. The smallest absolute Gasteiger partial charge is 0.256 e. The number of anilines is 1. The van der Waals surface area contributed by atoms with E-state index in [1.807, 2.05) is 36.4 Å². The molecule has 0 atom stereocenters. The first-order chi connectivity index (χ1) is 15.1. The van der Waals surface area contributed by atoms with Gasteiger partial charge in [0.05, 0.1) is 18.2 Å². The molecule has 0 saturated carbocycles. The highest BCUT2D eigenvalue weighted by Crippen LogP contribution is 2.31. The van der Waals surface area contributed by atoms with Crippen LogP contribution in [0.2, 0.25) is 0 Å². The molecule has 156 valence electrons. The number of aromatic nitrogens is 2. The van der Waals surface area contributed by atoms with Crippen molar-refractivity contribution in [2.45, 2.75) is 6.61 Å². The standard InChI is InChI=1S/C24H21N3O4/c1-27-20-6-4-3-5-18(20)19(14-23(27)28)24(29)26-17-7-8-21(30-2)22(13-17)31-15-16-9-11-25-12-10-16/h3-14H,15H2,1-2H3,(H,26,29). The van der Waals surface area contributed by atoms with Crippen LogP contribution in [0.5, 0.6) is 11.5 Å². The summed E-state index contributed by atoms with van der Waals surface area (Å²) in [7, 11) is 3.24. The van der Waals surface area contributed by atoms with E-state index in [9.17, 15) is 9.59 Å². The minimum Gasteiger partial charge on any atom is -0.493 e. The van der Waals surface area contributed by atoms with Gasteiger partial charge in [0, 0.05) is 42.6 Å². The Morgan fingerprint density at radius 2 is 1.81 bits per heavy atom. The number of nitrogens with zero attached hydrogens (tertiary/aromatic N) is 2. The Labute approximate surface area is 178 Å². The number of hydrogen-bond acceptors (Lipinski definition) is 5. The maximum atomic E-state index is 13.0. The van der Waals surface area contributed by atoms with Crippen LogP contribution in [-0.2, 0) is 13.7 Å². The number of carbonyl (C=O) groups excluding carboxylic acids is 1. The van der Waals surface area contributed by atoms with Crippen molar-refractivity contribution < 1.29 is 14.3 Å². The number of ether oxygens (including phenoxy) is 2. The summed E-state index contributed by atoms with van der Waals surface area (Å²) in [5.74, 6) is 0.663. The number of aryl methyl sites for hydroxylation is 1. The Morgan fingerprint density at radius 1 is 1.03 bits per heavy atom. The van der Waals surface area contributed by atoms with Crippen LogP contribution in [0.25, 0.3) is 10.9 Å². The summed E-state index contributed by atoms with van der Waals surface area (Å²) in [6.45, 7) is 0.329. The van der Waals surface area contributed by atoms with Crippen molar-refractivity contribution >= 4 is 22.5 Å². The molecule has 2 heterocycles. The molecule has 2 aromatic carbocycles. The van der Waals surface area contributed by atoms with Crippen LogP contribution in [-0.4, -0.2) is 22.6 Å². The fourth-order valence-corrected chi connectivity index (χ4v) is 3.30. The van der Waals surface area contributed by atoms with Crippen molar-refractivity contribution in [3.8, 4) is 11.5 Å². The summed E-state index contributed by atoms with van der Waals surface area (Å²) in [5, 5.41) is 3.55. The van der Waals surface area contributed by atoms with Gasteiger partial charge in [-0.15, -0.1) is 0 Å². The third-order valence-electron chi connectivity index (χ3n) is 4.96. The summed E-state index contributed by atoms with van der Waals surface area (Å²) in [4.78, 5) is 29.3. The van der Waals surface area contributed by atoms with Gasteiger partial charge < -0.3 is 19.4 Å². The molecule has 0 bridgehead atoms. The largest absolute Gasteiger partial charge is 0.493 e. The van der Waals surface area contributed by atoms with Crippen molar-refractivity contribution in [3.05, 3.63) is 94.5 Å². The Hall–Kier alpha value is -4.13. The highest BCUT2D eigenvalue weighted by Gasteiger charge is 2.15. The second-order valence-electron chi connectivity index (χ2n) is 6.94. The van der Waals surface area contributed by atoms with Gasteiger partial charge in [-0.05, 0) is 35.9 Å². The fraction of sp³-hybridized carbons (Fsp3) is 0.125. The minimum atomic E-state index is -0.376. The first-order valence-corrected chi connectivity index (χ1v) is 9.66. The lowest BCUT2D eigenvalue weighted by Crippen LogP contribution is -2.21. The van der Waals surface area contributed by atoms with E-state index < -0.39 is 0 Å². The Balaban J connectivity index is 1.61. The van der Waals surface area contributed by atoms with Crippen molar-refractivity contribution in [2.24, 2.45) is 7.05 Å². The van der Waals surface area contributed by atoms with E-state index in [0.717, 1.165) is 5.56 Å². The average molecular weight is 415 g/mol. The zero-order valence-corrected chi connectivity index (χ0v) is 17.2. The van der Waals surface area contributed by atoms with Crippen molar-refractivity contribution in [1.82, 2.24) is 9.55 Å². The molecule has 7 nitrogen and oxygen atoms in total. The third kappa shape index (κ3) is 4.25. The summed E-state index contributed by atoms with van der Waals surface area (Å²) in [6, 6.07) is 17.5. The molecule has 1 amide bonds. The lowest BCUT2D eigenvalue weighted by atomic mass is 10.1. The monoisotopic (exact) mass is 415 g/mol. The maximum absolute atomic E-state index is 13.0. The second kappa shape index (κ2) is 8.71. The number of methoxy groups -OCH3 is 1. The number of para-hydroxylation sites is 1. The first-order valence-electron chi connectivity index (χ1n) is 9.66. The number of benzene rings is 2. The number of hydrogen-bond donors (Lipinski definition) is 1. The van der Waals surface area contributed by atoms with Gasteiger partial charge in [0.25, 0.3) is 11.5 Å². The summed E-state index contributed by atoms with van der Waals surface area (Å²) >= 11 is 0. The zero-order chi connectivity index (χ0) is 21.8. The van der Waals surface area contributed by atoms with E-state index in [0.29, 0.717) is 40.3 Å². The van der Waals surface area contributed by atoms with Gasteiger partial charge in [0.1, 0.15) is 6.61 Å². The molecule has 31 heavy (non-hydrogen) atoms. The van der Waals surface area contributed by atoms with E-state index in [1.165, 1.54) is 10.6 Å². The van der Waals surface area contributed by atoms with Crippen molar-refractivity contribution in [1.29, 1.82) is 0 Å². The van der Waals surface area contributed by atoms with E-state index in [4.69, 9.17) is 9.47 Å². The van der Waals surface area contributed by atoms with Crippen LogP contribution in [0.4, 0.5) is 5.69 Å². The number of pyridine rings is 2. The molecule has 0 saturated heterocycles. The maximum Gasteiger partial charge on any atom is 0.256 e. The molecule has 0 spiro atoms. The van der Waals surface area contributed by atoms with Gasteiger partial charge >= 0.3 is 0 Å². The van der Waals surface area contributed by atoms with Gasteiger partial charge in [-0.3, -0.25) is 14.6 Å². The predicted octanol–water partition coefficient (Wildman–Crippen LogP) is 3.77. The van der Waals surface area contributed by atoms with Crippen LogP contribution in [0.3, 0.4) is 0 Å². The van der Waals surface area contributed by atoms with E-state index in [1.54, 1.807) is 44.8 Å². The van der Waals surface area contributed by atoms with Gasteiger partial charge in [-0.25, -0.2) is 0 Å². The molecular weight excluding hydrogens is 394 g/mol. The molecule has 0 aliphatic carbocycles. The molecule has 2 aromatic heterocycles. The summed E-state index contributed by atoms with van der Waals surface area (Å²) in [6.07, 6.45) is 3.39. The topological polar surface area (TPSA) is 82.5 Å². The highest BCUT2D eigenvalue weighted by molar-refractivity contribution is 6.12. The average Bonchev–Trinajstić information content (AvgIpc) is 2.81. The number of rotatable bonds is 6. The van der Waals surface area contributed by atoms with Gasteiger partial charge in [-0.1, -0.05) is 18.2 Å².